The van der Waals surface area contributed by atoms with Crippen molar-refractivity contribution in [3.8, 4) is 16.9 Å². The zero-order chi connectivity index (χ0) is 41.2. The maximum Gasteiger partial charge on any atom is 0.261 e. The summed E-state index contributed by atoms with van der Waals surface area (Å²) >= 11 is 6.31. The van der Waals surface area contributed by atoms with E-state index in [0.717, 1.165) is 16.9 Å². The zero-order valence-corrected chi connectivity index (χ0v) is 36.1. The van der Waals surface area contributed by atoms with Crippen molar-refractivity contribution in [3.05, 3.63) is 137 Å². The van der Waals surface area contributed by atoms with Crippen molar-refractivity contribution < 1.29 is 23.1 Å². The Morgan fingerprint density at radius 3 is 2.17 bits per heavy atom. The molecule has 4 aromatic carbocycles. The third-order valence-electron chi connectivity index (χ3n) is 11.7. The van der Waals surface area contributed by atoms with E-state index in [2.05, 4.69) is 74.3 Å². The molecule has 7 rings (SSSR count). The number of halogens is 2. The van der Waals surface area contributed by atoms with Crippen LogP contribution < -0.4 is 20.0 Å². The van der Waals surface area contributed by atoms with Crippen LogP contribution in [0.4, 0.5) is 10.1 Å². The summed E-state index contributed by atoms with van der Waals surface area (Å²) in [4.78, 5) is 35.4. The lowest BCUT2D eigenvalue weighted by molar-refractivity contribution is -0.127. The van der Waals surface area contributed by atoms with Crippen LogP contribution in [0.1, 0.15) is 76.9 Å². The molecule has 0 saturated carbocycles. The molecule has 302 valence electrons. The third-order valence-corrected chi connectivity index (χ3v) is 16.9. The fraction of sp³-hybridized carbons (Fsp3) is 0.354. The number of carbonyl (C=O) groups is 2. The second-order valence-corrected chi connectivity index (χ2v) is 22.0. The molecule has 7 nitrogen and oxygen atoms in total. The lowest BCUT2D eigenvalue weighted by atomic mass is 9.81. The van der Waals surface area contributed by atoms with Crippen molar-refractivity contribution in [2.24, 2.45) is 5.41 Å². The number of likely N-dealkylation sites (tertiary alicyclic amines) is 1. The summed E-state index contributed by atoms with van der Waals surface area (Å²) in [6, 6.07) is 35.2. The van der Waals surface area contributed by atoms with Gasteiger partial charge in [-0.1, -0.05) is 131 Å². The first-order valence-electron chi connectivity index (χ1n) is 20.3. The highest BCUT2D eigenvalue weighted by molar-refractivity contribution is 6.99. The molecule has 0 unspecified atom stereocenters. The number of benzene rings is 4. The molecular formula is C48H53ClFN3O4Si. The minimum Gasteiger partial charge on any atom is -0.490 e. The molecule has 0 N–H and O–H groups in total. The number of nitrogens with zero attached hydrogens (tertiary/aromatic N) is 3. The summed E-state index contributed by atoms with van der Waals surface area (Å²) in [5, 5.41) is 2.80. The van der Waals surface area contributed by atoms with E-state index in [9.17, 15) is 9.59 Å². The highest BCUT2D eigenvalue weighted by Crippen LogP contribution is 2.41. The molecule has 2 aliphatic heterocycles. The maximum atomic E-state index is 15.9. The Labute approximate surface area is 348 Å². The van der Waals surface area contributed by atoms with Crippen LogP contribution in [0.2, 0.25) is 10.1 Å². The normalized spacial score (nSPS) is 16.5. The van der Waals surface area contributed by atoms with Crippen molar-refractivity contribution >= 4 is 47.8 Å². The van der Waals surface area contributed by atoms with Gasteiger partial charge in [0.05, 0.1) is 28.1 Å². The van der Waals surface area contributed by atoms with Crippen molar-refractivity contribution in [2.75, 3.05) is 24.6 Å². The number of rotatable bonds is 11. The topological polar surface area (TPSA) is 72.0 Å². The number of fused-ring (bicyclic) bond motifs is 1. The van der Waals surface area contributed by atoms with Crippen LogP contribution in [0.25, 0.3) is 11.1 Å². The average Bonchev–Trinajstić information content (AvgIpc) is 3.20. The van der Waals surface area contributed by atoms with Crippen molar-refractivity contribution in [3.63, 3.8) is 0 Å². The first kappa shape index (κ1) is 41.3. The number of amides is 2. The van der Waals surface area contributed by atoms with E-state index in [4.69, 9.17) is 20.8 Å². The van der Waals surface area contributed by atoms with Crippen molar-refractivity contribution in [2.45, 2.75) is 84.4 Å². The molecule has 1 saturated heterocycles. The Hall–Kier alpha value is -4.83. The Morgan fingerprint density at radius 1 is 0.931 bits per heavy atom. The monoisotopic (exact) mass is 817 g/mol. The lowest BCUT2D eigenvalue weighted by Crippen LogP contribution is -2.66. The van der Waals surface area contributed by atoms with E-state index in [1.807, 2.05) is 68.1 Å². The fourth-order valence-electron chi connectivity index (χ4n) is 8.67. The smallest absolute Gasteiger partial charge is 0.261 e. The maximum absolute atomic E-state index is 15.9. The molecule has 1 aromatic heterocycles. The SMILES string of the molecule is C[C@H](CCO[Si](c1ccccc1)(c1ccccc1)C(C)(C)C)Oc1ccccc1-c1ccc(C(=O)N2CCC(N3C(=O)C(C)(C)Cc4ncc(Cl)cc43)CC2)c(F)c1. The number of anilines is 1. The number of ether oxygens (including phenoxy) is 1. The molecule has 0 bridgehead atoms. The second-order valence-electron chi connectivity index (χ2n) is 17.3. The summed E-state index contributed by atoms with van der Waals surface area (Å²) in [6.45, 7) is 14.0. The Kier molecular flexibility index (Phi) is 12.0. The predicted octanol–water partition coefficient (Wildman–Crippen LogP) is 9.50. The van der Waals surface area contributed by atoms with Crippen LogP contribution >= 0.6 is 11.6 Å². The largest absolute Gasteiger partial charge is 0.490 e. The molecule has 5 aromatic rings. The van der Waals surface area contributed by atoms with Gasteiger partial charge >= 0.3 is 0 Å². The zero-order valence-electron chi connectivity index (χ0n) is 34.3. The molecule has 2 amide bonds. The standard InChI is InChI=1S/C48H53ClFN3O4Si/c1-33(25-28-56-58(47(2,3)4,37-15-9-7-10-16-37)38-17-11-8-12-18-38)57-44-20-14-13-19-39(44)34-21-22-40(41(50)29-34)45(54)52-26-23-36(24-27-52)53-43-30-35(49)32-51-42(43)31-48(5,6)46(53)55/h7-22,29-30,32-33,36H,23-28,31H2,1-6H3/t33-/m1/s1. The first-order chi connectivity index (χ1) is 27.7. The van der Waals surface area contributed by atoms with Gasteiger partial charge in [0, 0.05) is 55.8 Å². The molecule has 0 radical (unpaired) electrons. The Bertz CT molecular complexity index is 2220. The highest BCUT2D eigenvalue weighted by Gasteiger charge is 2.50. The van der Waals surface area contributed by atoms with Crippen LogP contribution in [-0.4, -0.2) is 61.9 Å². The molecule has 3 heterocycles. The van der Waals surface area contributed by atoms with Crippen LogP contribution in [0, 0.1) is 11.2 Å². The van der Waals surface area contributed by atoms with Crippen molar-refractivity contribution in [1.29, 1.82) is 0 Å². The van der Waals surface area contributed by atoms with E-state index in [-0.39, 0.29) is 34.6 Å². The van der Waals surface area contributed by atoms with Gasteiger partial charge in [-0.2, -0.15) is 0 Å². The molecule has 0 spiro atoms. The van der Waals surface area contributed by atoms with Gasteiger partial charge in [0.15, 0.2) is 0 Å². The first-order valence-corrected chi connectivity index (χ1v) is 22.6. The molecule has 58 heavy (non-hydrogen) atoms. The molecular weight excluding hydrogens is 765 g/mol. The van der Waals surface area contributed by atoms with Crippen LogP contribution in [0.15, 0.2) is 115 Å². The number of piperidine rings is 1. The van der Waals surface area contributed by atoms with E-state index in [1.54, 1.807) is 23.2 Å². The van der Waals surface area contributed by atoms with Gasteiger partial charge in [-0.05, 0) is 65.0 Å². The highest BCUT2D eigenvalue weighted by atomic mass is 35.5. The summed E-state index contributed by atoms with van der Waals surface area (Å²) in [6.07, 6.45) is 3.73. The number of hydrogen-bond acceptors (Lipinski definition) is 5. The van der Waals surface area contributed by atoms with Gasteiger partial charge in [-0.3, -0.25) is 14.6 Å². The summed E-state index contributed by atoms with van der Waals surface area (Å²) < 4.78 is 29.6. The molecule has 10 heteroatoms. The van der Waals surface area contributed by atoms with Gasteiger partial charge in [-0.25, -0.2) is 4.39 Å². The van der Waals surface area contributed by atoms with Gasteiger partial charge in [0.25, 0.3) is 14.2 Å². The minimum atomic E-state index is -2.69. The Morgan fingerprint density at radius 2 is 1.55 bits per heavy atom. The van der Waals surface area contributed by atoms with E-state index >= 15 is 4.39 Å². The number of para-hydroxylation sites is 1. The van der Waals surface area contributed by atoms with E-state index < -0.39 is 19.5 Å². The lowest BCUT2D eigenvalue weighted by Gasteiger charge is -2.45. The van der Waals surface area contributed by atoms with E-state index in [1.165, 1.54) is 16.4 Å². The minimum absolute atomic E-state index is 0.0194. The number of hydrogen-bond donors (Lipinski definition) is 0. The number of pyridine rings is 1. The quantitative estimate of drug-likeness (QED) is 0.124. The van der Waals surface area contributed by atoms with Crippen LogP contribution in [0.3, 0.4) is 0 Å². The van der Waals surface area contributed by atoms with Crippen molar-refractivity contribution in [1.82, 2.24) is 9.88 Å². The predicted molar refractivity (Wildman–Crippen MR) is 233 cm³/mol. The van der Waals surface area contributed by atoms with Crippen LogP contribution in [0.5, 0.6) is 5.75 Å². The van der Waals surface area contributed by atoms with Crippen LogP contribution in [-0.2, 0) is 15.6 Å². The summed E-state index contributed by atoms with van der Waals surface area (Å²) in [5.74, 6) is -0.293. The van der Waals surface area contributed by atoms with Gasteiger partial charge in [0.1, 0.15) is 11.6 Å². The van der Waals surface area contributed by atoms with E-state index in [0.29, 0.717) is 61.7 Å². The number of carbonyl (C=O) groups excluding carboxylic acids is 2. The Balaban J connectivity index is 1.02. The summed E-state index contributed by atoms with van der Waals surface area (Å²) in [5.41, 5.74) is 2.36. The molecule has 0 aliphatic carbocycles. The second kappa shape index (κ2) is 16.8. The van der Waals surface area contributed by atoms with Gasteiger partial charge in [-0.15, -0.1) is 0 Å². The average molecular weight is 819 g/mol. The number of aromatic nitrogens is 1. The molecule has 1 atom stereocenters. The van der Waals surface area contributed by atoms with Gasteiger partial charge < -0.3 is 19.0 Å². The molecule has 1 fully saturated rings. The third kappa shape index (κ3) is 8.22. The molecule has 2 aliphatic rings. The fourth-order valence-corrected chi connectivity index (χ4v) is 13.4. The van der Waals surface area contributed by atoms with Gasteiger partial charge in [0.2, 0.25) is 5.91 Å². The summed E-state index contributed by atoms with van der Waals surface area (Å²) in [7, 11) is -2.69.